The molecule has 0 saturated carbocycles. The van der Waals surface area contributed by atoms with Gasteiger partial charge in [-0.1, -0.05) is 23.7 Å². The summed E-state index contributed by atoms with van der Waals surface area (Å²) >= 11 is 6.06. The predicted molar refractivity (Wildman–Crippen MR) is 119 cm³/mol. The summed E-state index contributed by atoms with van der Waals surface area (Å²) in [5.41, 5.74) is 1.71. The molecule has 170 valence electrons. The van der Waals surface area contributed by atoms with Crippen molar-refractivity contribution in [1.29, 1.82) is 0 Å². The third-order valence-corrected chi connectivity index (χ3v) is 5.95. The van der Waals surface area contributed by atoms with Gasteiger partial charge in [-0.15, -0.1) is 0 Å². The number of nitrogens with zero attached hydrogens (tertiary/aromatic N) is 4. The molecule has 1 aliphatic rings. The van der Waals surface area contributed by atoms with E-state index in [0.29, 0.717) is 47.4 Å². The number of pyridine rings is 1. The number of alkyl halides is 1. The van der Waals surface area contributed by atoms with Gasteiger partial charge in [0.05, 0.1) is 38.1 Å². The van der Waals surface area contributed by atoms with Gasteiger partial charge in [0.25, 0.3) is 5.91 Å². The first-order valence-electron chi connectivity index (χ1n) is 10.6. The zero-order valence-corrected chi connectivity index (χ0v) is 19.1. The van der Waals surface area contributed by atoms with E-state index < -0.39 is 12.6 Å². The maximum absolute atomic E-state index is 13.8. The molecule has 7 nitrogen and oxygen atoms in total. The highest BCUT2D eigenvalue weighted by atomic mass is 35.5. The molecule has 0 radical (unpaired) electrons. The van der Waals surface area contributed by atoms with Gasteiger partial charge in [-0.05, 0) is 37.6 Å². The number of morpholine rings is 1. The van der Waals surface area contributed by atoms with Crippen LogP contribution in [0, 0.1) is 0 Å². The second kappa shape index (κ2) is 9.42. The molecular formula is C23H26ClFN4O3. The largest absolute Gasteiger partial charge is 0.493 e. The third-order valence-electron chi connectivity index (χ3n) is 5.71. The first-order chi connectivity index (χ1) is 15.4. The molecule has 3 atom stereocenters. The summed E-state index contributed by atoms with van der Waals surface area (Å²) in [6.07, 6.45) is 1.92. The Bertz CT molecular complexity index is 1120. The molecule has 0 aliphatic carbocycles. The molecule has 0 N–H and O–H groups in total. The van der Waals surface area contributed by atoms with Gasteiger partial charge in [-0.3, -0.25) is 9.18 Å². The van der Waals surface area contributed by atoms with Crippen molar-refractivity contribution in [1.82, 2.24) is 19.5 Å². The zero-order chi connectivity index (χ0) is 22.8. The van der Waals surface area contributed by atoms with Crippen molar-refractivity contribution in [2.24, 2.45) is 0 Å². The van der Waals surface area contributed by atoms with Crippen molar-refractivity contribution < 1.29 is 18.7 Å². The first-order valence-corrected chi connectivity index (χ1v) is 10.9. The minimum atomic E-state index is -0.566. The molecule has 4 rings (SSSR count). The summed E-state index contributed by atoms with van der Waals surface area (Å²) in [7, 11) is 1.52. The Morgan fingerprint density at radius 2 is 2.19 bits per heavy atom. The van der Waals surface area contributed by atoms with Crippen molar-refractivity contribution in [3.63, 3.8) is 0 Å². The molecule has 1 saturated heterocycles. The highest BCUT2D eigenvalue weighted by molar-refractivity contribution is 6.30. The minimum absolute atomic E-state index is 0.0251. The van der Waals surface area contributed by atoms with Gasteiger partial charge < -0.3 is 14.4 Å². The number of hydrogen-bond donors (Lipinski definition) is 0. The number of methoxy groups -OCH3 is 1. The lowest BCUT2D eigenvalue weighted by Crippen LogP contribution is -2.50. The van der Waals surface area contributed by atoms with E-state index in [-0.39, 0.29) is 18.1 Å². The number of ether oxygens (including phenoxy) is 2. The van der Waals surface area contributed by atoms with Gasteiger partial charge in [0.1, 0.15) is 0 Å². The topological polar surface area (TPSA) is 69.0 Å². The number of aromatic nitrogens is 3. The fourth-order valence-corrected chi connectivity index (χ4v) is 4.15. The van der Waals surface area contributed by atoms with Crippen LogP contribution in [0.3, 0.4) is 0 Å². The highest BCUT2D eigenvalue weighted by Crippen LogP contribution is 2.26. The van der Waals surface area contributed by atoms with Crippen molar-refractivity contribution in [3.05, 3.63) is 58.5 Å². The Balaban J connectivity index is 1.64. The second-order valence-electron chi connectivity index (χ2n) is 8.15. The predicted octanol–water partition coefficient (Wildman–Crippen LogP) is 3.94. The Hall–Kier alpha value is -2.71. The fourth-order valence-electron chi connectivity index (χ4n) is 3.95. The van der Waals surface area contributed by atoms with Gasteiger partial charge in [-0.2, -0.15) is 5.10 Å². The Kier molecular flexibility index (Phi) is 6.62. The van der Waals surface area contributed by atoms with E-state index in [0.717, 1.165) is 5.56 Å². The van der Waals surface area contributed by atoms with Crippen LogP contribution in [0.2, 0.25) is 5.02 Å². The summed E-state index contributed by atoms with van der Waals surface area (Å²) in [4.78, 5) is 19.5. The van der Waals surface area contributed by atoms with E-state index in [1.54, 1.807) is 35.4 Å². The molecule has 1 aromatic carbocycles. The summed E-state index contributed by atoms with van der Waals surface area (Å²) in [6.45, 7) is 4.35. The van der Waals surface area contributed by atoms with Gasteiger partial charge in [0.15, 0.2) is 17.2 Å². The van der Waals surface area contributed by atoms with E-state index in [1.165, 1.54) is 11.6 Å². The number of fused-ring (bicyclic) bond motifs is 1. The third kappa shape index (κ3) is 4.56. The fraction of sp³-hybridized carbons (Fsp3) is 0.435. The number of halogens is 2. The number of amides is 1. The lowest BCUT2D eigenvalue weighted by Gasteiger charge is -2.36. The number of benzene rings is 1. The maximum atomic E-state index is 13.8. The maximum Gasteiger partial charge on any atom is 0.255 e. The molecule has 1 aliphatic heterocycles. The van der Waals surface area contributed by atoms with Crippen LogP contribution in [-0.4, -0.2) is 64.5 Å². The van der Waals surface area contributed by atoms with Gasteiger partial charge in [-0.25, -0.2) is 9.50 Å². The van der Waals surface area contributed by atoms with Crippen LogP contribution in [-0.2, 0) is 11.2 Å². The molecule has 1 fully saturated rings. The molecule has 3 heterocycles. The van der Waals surface area contributed by atoms with Gasteiger partial charge >= 0.3 is 0 Å². The van der Waals surface area contributed by atoms with Crippen LogP contribution in [0.1, 0.15) is 41.5 Å². The summed E-state index contributed by atoms with van der Waals surface area (Å²) < 4.78 is 26.5. The molecule has 2 unspecified atom stereocenters. The van der Waals surface area contributed by atoms with E-state index in [9.17, 15) is 9.18 Å². The molecule has 0 spiro atoms. The van der Waals surface area contributed by atoms with Crippen molar-refractivity contribution in [3.8, 4) is 5.75 Å². The average molecular weight is 461 g/mol. The number of carbonyl (C=O) groups excluding carboxylic acids is 1. The molecule has 9 heteroatoms. The molecule has 32 heavy (non-hydrogen) atoms. The Morgan fingerprint density at radius 3 is 2.91 bits per heavy atom. The van der Waals surface area contributed by atoms with Crippen molar-refractivity contribution >= 4 is 23.2 Å². The lowest BCUT2D eigenvalue weighted by molar-refractivity contribution is -0.0387. The van der Waals surface area contributed by atoms with E-state index in [1.807, 2.05) is 19.9 Å². The van der Waals surface area contributed by atoms with Crippen LogP contribution >= 0.6 is 11.6 Å². The van der Waals surface area contributed by atoms with Crippen molar-refractivity contribution in [2.45, 2.75) is 38.3 Å². The Morgan fingerprint density at radius 1 is 1.38 bits per heavy atom. The van der Waals surface area contributed by atoms with Crippen LogP contribution in [0.5, 0.6) is 5.75 Å². The standard InChI is InChI=1S/C23H26ClFN4O3/c1-14-13-32-15(2)11-28(14)23(30)18-8-20(31-3)22-26-21(27-29(22)12-18)9-17(10-25)16-5-4-6-19(24)7-16/h4-8,12,14-15,17H,9-11,13H2,1-3H3/t14-,15?,17?/m1/s1. The van der Waals surface area contributed by atoms with Gasteiger partial charge in [0.2, 0.25) is 0 Å². The minimum Gasteiger partial charge on any atom is -0.493 e. The average Bonchev–Trinajstić information content (AvgIpc) is 3.20. The van der Waals surface area contributed by atoms with Crippen LogP contribution < -0.4 is 4.74 Å². The molecule has 2 aromatic heterocycles. The second-order valence-corrected chi connectivity index (χ2v) is 8.59. The monoisotopic (exact) mass is 460 g/mol. The lowest BCUT2D eigenvalue weighted by atomic mass is 9.97. The molecule has 3 aromatic rings. The SMILES string of the molecule is COc1cc(C(=O)N2CC(C)OC[C@H]2C)cn2nc(CC(CF)c3cccc(Cl)c3)nc12. The highest BCUT2D eigenvalue weighted by Gasteiger charge is 2.29. The van der Waals surface area contributed by atoms with E-state index >= 15 is 0 Å². The smallest absolute Gasteiger partial charge is 0.255 e. The van der Waals surface area contributed by atoms with E-state index in [4.69, 9.17) is 21.1 Å². The molecule has 0 bridgehead atoms. The summed E-state index contributed by atoms with van der Waals surface area (Å²) in [6, 6.07) is 8.79. The van der Waals surface area contributed by atoms with Gasteiger partial charge in [0, 0.05) is 30.1 Å². The first kappa shape index (κ1) is 22.5. The summed E-state index contributed by atoms with van der Waals surface area (Å²) in [5, 5.41) is 5.07. The zero-order valence-electron chi connectivity index (χ0n) is 18.3. The van der Waals surface area contributed by atoms with E-state index in [2.05, 4.69) is 10.1 Å². The molecule has 1 amide bonds. The Labute approximate surface area is 191 Å². The number of carbonyl (C=O) groups is 1. The van der Waals surface area contributed by atoms with Crippen LogP contribution in [0.4, 0.5) is 4.39 Å². The summed E-state index contributed by atoms with van der Waals surface area (Å²) in [5.74, 6) is 0.353. The molecular weight excluding hydrogens is 435 g/mol. The van der Waals surface area contributed by atoms with Crippen LogP contribution in [0.25, 0.3) is 5.65 Å². The number of rotatable bonds is 6. The number of hydrogen-bond acceptors (Lipinski definition) is 5. The quantitative estimate of drug-likeness (QED) is 0.557. The normalized spacial score (nSPS) is 19.8. The van der Waals surface area contributed by atoms with Crippen molar-refractivity contribution in [2.75, 3.05) is 26.9 Å². The van der Waals surface area contributed by atoms with Crippen LogP contribution in [0.15, 0.2) is 36.5 Å².